The maximum absolute atomic E-state index is 12.5. The Morgan fingerprint density at radius 1 is 1.30 bits per heavy atom. The number of carbonyl (C=O) groups is 1. The second-order valence-corrected chi connectivity index (χ2v) is 7.60. The molecule has 0 radical (unpaired) electrons. The molecule has 0 saturated carbocycles. The second kappa shape index (κ2) is 8.78. The molecule has 0 aromatic heterocycles. The highest BCUT2D eigenvalue weighted by molar-refractivity contribution is 7.84. The SMILES string of the molecule is CCCCC1NC(CCC)N(CCC(C)S(C)=O)C1=O. The molecule has 0 aliphatic carbocycles. The second-order valence-electron chi connectivity index (χ2n) is 5.80. The van der Waals surface area contributed by atoms with Crippen molar-refractivity contribution in [3.63, 3.8) is 0 Å². The highest BCUT2D eigenvalue weighted by atomic mass is 32.2. The molecular weight excluding hydrogens is 272 g/mol. The average Bonchev–Trinajstić information content (AvgIpc) is 2.70. The number of amides is 1. The number of unbranched alkanes of at least 4 members (excludes halogenated alkanes) is 1. The number of nitrogens with zero attached hydrogens (tertiary/aromatic N) is 1. The summed E-state index contributed by atoms with van der Waals surface area (Å²) in [6.07, 6.45) is 7.93. The smallest absolute Gasteiger partial charge is 0.241 e. The number of hydrogen-bond acceptors (Lipinski definition) is 3. The van der Waals surface area contributed by atoms with Gasteiger partial charge in [0, 0.05) is 28.9 Å². The molecule has 5 heteroatoms. The van der Waals surface area contributed by atoms with Gasteiger partial charge in [-0.2, -0.15) is 0 Å². The Hall–Kier alpha value is -0.420. The van der Waals surface area contributed by atoms with Crippen LogP contribution in [0.3, 0.4) is 0 Å². The fourth-order valence-corrected chi connectivity index (χ4v) is 3.07. The fraction of sp³-hybridized carbons (Fsp3) is 0.933. The van der Waals surface area contributed by atoms with Gasteiger partial charge in [-0.25, -0.2) is 0 Å². The molecule has 118 valence electrons. The minimum absolute atomic E-state index is 0.00562. The van der Waals surface area contributed by atoms with E-state index in [9.17, 15) is 9.00 Å². The van der Waals surface area contributed by atoms with Crippen LogP contribution in [0.25, 0.3) is 0 Å². The Kier molecular flexibility index (Phi) is 7.74. The van der Waals surface area contributed by atoms with Gasteiger partial charge in [0.1, 0.15) is 0 Å². The normalized spacial score (nSPS) is 26.0. The van der Waals surface area contributed by atoms with Gasteiger partial charge in [0.15, 0.2) is 0 Å². The van der Waals surface area contributed by atoms with Crippen molar-refractivity contribution >= 4 is 16.7 Å². The van der Waals surface area contributed by atoms with E-state index in [0.29, 0.717) is 0 Å². The number of nitrogens with one attached hydrogen (secondary N) is 1. The van der Waals surface area contributed by atoms with Crippen LogP contribution in [0, 0.1) is 0 Å². The third kappa shape index (κ3) is 4.85. The average molecular weight is 302 g/mol. The van der Waals surface area contributed by atoms with E-state index in [0.717, 1.165) is 45.1 Å². The van der Waals surface area contributed by atoms with Gasteiger partial charge in [0.25, 0.3) is 0 Å². The molecule has 0 aromatic rings. The summed E-state index contributed by atoms with van der Waals surface area (Å²) in [5.74, 6) is 0.242. The summed E-state index contributed by atoms with van der Waals surface area (Å²) in [7, 11) is -0.808. The standard InChI is InChI=1S/C15H30N2O2S/c1-5-7-9-13-15(18)17(14(16-13)8-6-2)11-10-12(3)20(4)19/h12-14,16H,5-11H2,1-4H3. The molecule has 1 amide bonds. The molecule has 4 atom stereocenters. The molecule has 0 bridgehead atoms. The van der Waals surface area contributed by atoms with Crippen molar-refractivity contribution in [2.75, 3.05) is 12.8 Å². The summed E-state index contributed by atoms with van der Waals surface area (Å²) in [6.45, 7) is 7.01. The number of hydrogen-bond donors (Lipinski definition) is 1. The zero-order valence-electron chi connectivity index (χ0n) is 13.4. The van der Waals surface area contributed by atoms with E-state index in [1.807, 2.05) is 11.8 Å². The van der Waals surface area contributed by atoms with Gasteiger partial charge in [-0.3, -0.25) is 14.3 Å². The predicted octanol–water partition coefficient (Wildman–Crippen LogP) is 2.26. The van der Waals surface area contributed by atoms with Crippen molar-refractivity contribution in [2.45, 2.75) is 76.8 Å². The third-order valence-electron chi connectivity index (χ3n) is 4.10. The van der Waals surface area contributed by atoms with Gasteiger partial charge in [-0.1, -0.05) is 40.0 Å². The van der Waals surface area contributed by atoms with E-state index < -0.39 is 10.8 Å². The van der Waals surface area contributed by atoms with Crippen LogP contribution in [0.15, 0.2) is 0 Å². The minimum Gasteiger partial charge on any atom is -0.326 e. The van der Waals surface area contributed by atoms with Crippen LogP contribution in [-0.4, -0.2) is 45.3 Å². The Labute approximate surface area is 126 Å². The first kappa shape index (κ1) is 17.6. The first-order chi connectivity index (χ1) is 9.51. The molecule has 1 heterocycles. The van der Waals surface area contributed by atoms with Gasteiger partial charge in [0.2, 0.25) is 5.91 Å². The zero-order valence-corrected chi connectivity index (χ0v) is 14.2. The lowest BCUT2D eigenvalue weighted by Crippen LogP contribution is -2.39. The van der Waals surface area contributed by atoms with Crippen LogP contribution < -0.4 is 5.32 Å². The molecule has 4 nitrogen and oxygen atoms in total. The Morgan fingerprint density at radius 2 is 2.00 bits per heavy atom. The van der Waals surface area contributed by atoms with E-state index in [2.05, 4.69) is 19.2 Å². The minimum atomic E-state index is -0.808. The van der Waals surface area contributed by atoms with Crippen LogP contribution in [0.4, 0.5) is 0 Å². The Morgan fingerprint density at radius 3 is 2.55 bits per heavy atom. The van der Waals surface area contributed by atoms with Gasteiger partial charge < -0.3 is 4.90 Å². The molecular formula is C15H30N2O2S. The van der Waals surface area contributed by atoms with Crippen LogP contribution in [0.5, 0.6) is 0 Å². The van der Waals surface area contributed by atoms with Crippen LogP contribution in [0.2, 0.25) is 0 Å². The molecule has 0 spiro atoms. The van der Waals surface area contributed by atoms with Crippen molar-refractivity contribution in [3.05, 3.63) is 0 Å². The predicted molar refractivity (Wildman–Crippen MR) is 85.0 cm³/mol. The summed E-state index contributed by atoms with van der Waals surface area (Å²) in [6, 6.07) is -0.00562. The highest BCUT2D eigenvalue weighted by Gasteiger charge is 2.37. The third-order valence-corrected chi connectivity index (χ3v) is 5.47. The van der Waals surface area contributed by atoms with Gasteiger partial charge >= 0.3 is 0 Å². The Balaban J connectivity index is 2.59. The first-order valence-electron chi connectivity index (χ1n) is 7.90. The monoisotopic (exact) mass is 302 g/mol. The fourth-order valence-electron chi connectivity index (χ4n) is 2.63. The molecule has 1 fully saturated rings. The van der Waals surface area contributed by atoms with Crippen molar-refractivity contribution in [3.8, 4) is 0 Å². The molecule has 0 aromatic carbocycles. The maximum Gasteiger partial charge on any atom is 0.241 e. The van der Waals surface area contributed by atoms with Gasteiger partial charge in [-0.15, -0.1) is 0 Å². The lowest BCUT2D eigenvalue weighted by Gasteiger charge is -2.24. The van der Waals surface area contributed by atoms with Crippen molar-refractivity contribution < 1.29 is 9.00 Å². The summed E-state index contributed by atoms with van der Waals surface area (Å²) >= 11 is 0. The maximum atomic E-state index is 12.5. The molecule has 1 aliphatic rings. The highest BCUT2D eigenvalue weighted by Crippen LogP contribution is 2.19. The quantitative estimate of drug-likeness (QED) is 0.711. The molecule has 1 aliphatic heterocycles. The van der Waals surface area contributed by atoms with Crippen molar-refractivity contribution in [2.24, 2.45) is 0 Å². The number of carbonyl (C=O) groups excluding carboxylic acids is 1. The summed E-state index contributed by atoms with van der Waals surface area (Å²) in [5, 5.41) is 3.63. The first-order valence-corrected chi connectivity index (χ1v) is 9.52. The van der Waals surface area contributed by atoms with Crippen molar-refractivity contribution in [1.29, 1.82) is 0 Å². The van der Waals surface area contributed by atoms with E-state index in [1.165, 1.54) is 0 Å². The van der Waals surface area contributed by atoms with E-state index in [1.54, 1.807) is 6.26 Å². The van der Waals surface area contributed by atoms with Crippen LogP contribution in [-0.2, 0) is 15.6 Å². The molecule has 1 saturated heterocycles. The van der Waals surface area contributed by atoms with E-state index in [4.69, 9.17) is 0 Å². The van der Waals surface area contributed by atoms with Crippen molar-refractivity contribution in [1.82, 2.24) is 10.2 Å². The molecule has 20 heavy (non-hydrogen) atoms. The zero-order chi connectivity index (χ0) is 15.1. The Bertz CT molecular complexity index is 336. The van der Waals surface area contributed by atoms with Gasteiger partial charge in [-0.05, 0) is 19.3 Å². The van der Waals surface area contributed by atoms with E-state index in [-0.39, 0.29) is 23.4 Å². The largest absolute Gasteiger partial charge is 0.326 e. The van der Waals surface area contributed by atoms with Gasteiger partial charge in [0.05, 0.1) is 12.2 Å². The van der Waals surface area contributed by atoms with E-state index >= 15 is 0 Å². The topological polar surface area (TPSA) is 49.4 Å². The summed E-state index contributed by atoms with van der Waals surface area (Å²) < 4.78 is 11.4. The molecule has 1 N–H and O–H groups in total. The molecule has 1 rings (SSSR count). The summed E-state index contributed by atoms with van der Waals surface area (Å²) in [5.41, 5.74) is 0. The van der Waals surface area contributed by atoms with Crippen LogP contribution in [0.1, 0.15) is 59.3 Å². The van der Waals surface area contributed by atoms with Crippen LogP contribution >= 0.6 is 0 Å². The molecule has 4 unspecified atom stereocenters. The lowest BCUT2D eigenvalue weighted by atomic mass is 10.1. The lowest BCUT2D eigenvalue weighted by molar-refractivity contribution is -0.130. The number of rotatable bonds is 9. The summed E-state index contributed by atoms with van der Waals surface area (Å²) in [4.78, 5) is 14.4.